The van der Waals surface area contributed by atoms with Crippen LogP contribution < -0.4 is 9.47 Å². The van der Waals surface area contributed by atoms with E-state index in [-0.39, 0.29) is 24.6 Å². The zero-order chi connectivity index (χ0) is 28.5. The van der Waals surface area contributed by atoms with Gasteiger partial charge in [-0.25, -0.2) is 4.79 Å². The van der Waals surface area contributed by atoms with Crippen LogP contribution in [0, 0.1) is 0 Å². The van der Waals surface area contributed by atoms with Crippen molar-refractivity contribution >= 4 is 23.4 Å². The zero-order valence-electron chi connectivity index (χ0n) is 23.9. The minimum atomic E-state index is -0.755. The molecule has 2 aliphatic heterocycles. The largest absolute Gasteiger partial charge is 0.492 e. The normalized spacial score (nSPS) is 19.1. The van der Waals surface area contributed by atoms with Crippen molar-refractivity contribution < 1.29 is 23.8 Å². The van der Waals surface area contributed by atoms with Crippen LogP contribution in [0.25, 0.3) is 0 Å². The summed E-state index contributed by atoms with van der Waals surface area (Å²) in [4.78, 5) is 32.8. The van der Waals surface area contributed by atoms with Gasteiger partial charge in [-0.15, -0.1) is 0 Å². The molecule has 2 aromatic carbocycles. The first-order valence-corrected chi connectivity index (χ1v) is 14.2. The monoisotopic (exact) mass is 548 g/mol. The van der Waals surface area contributed by atoms with Crippen molar-refractivity contribution in [1.82, 2.24) is 9.91 Å². The third-order valence-electron chi connectivity index (χ3n) is 6.93. The highest BCUT2D eigenvalue weighted by Gasteiger charge is 2.46. The molecule has 0 aromatic heterocycles. The number of amides is 1. The summed E-state index contributed by atoms with van der Waals surface area (Å²) in [7, 11) is 1.85. The van der Waals surface area contributed by atoms with Crippen LogP contribution in [0.5, 0.6) is 11.5 Å². The average Bonchev–Trinajstić information content (AvgIpc) is 3.26. The van der Waals surface area contributed by atoms with Gasteiger partial charge in [-0.2, -0.15) is 5.10 Å². The lowest BCUT2D eigenvalue weighted by atomic mass is 9.98. The van der Waals surface area contributed by atoms with Crippen LogP contribution >= 0.6 is 0 Å². The Hall–Kier alpha value is -3.88. The molecule has 0 saturated heterocycles. The number of hydrogen-bond donors (Lipinski definition) is 0. The van der Waals surface area contributed by atoms with Gasteiger partial charge in [-0.05, 0) is 49.6 Å². The van der Waals surface area contributed by atoms with Crippen molar-refractivity contribution in [2.45, 2.75) is 71.1 Å². The third-order valence-corrected chi connectivity index (χ3v) is 6.93. The lowest BCUT2D eigenvalue weighted by molar-refractivity contribution is -0.151. The summed E-state index contributed by atoms with van der Waals surface area (Å²) >= 11 is 0. The second-order valence-electron chi connectivity index (χ2n) is 9.96. The van der Waals surface area contributed by atoms with Gasteiger partial charge in [0.15, 0.2) is 12.1 Å². The van der Waals surface area contributed by atoms with Gasteiger partial charge < -0.3 is 14.2 Å². The van der Waals surface area contributed by atoms with E-state index in [2.05, 4.69) is 18.9 Å². The number of hydrazone groups is 1. The standard InChI is InChI=1S/C31H40N4O5/c1-5-11-25-28-29(34(4)33-25)30(36)35(27(32-28)12-6-2)19-20-39-23-17-15-22(16-18-23)21-26(31(37)38-7-3)40-24-13-9-8-10-14-24/h8-10,13-18,26,28-29H,5-7,11-12,19-21H2,1-4H3/t26-,28?,29?/m0/s1. The SMILES string of the molecule is CCCC1=NN(C)C2C(=O)N(CCOc3ccc(C[C@H](Oc4ccccc4)C(=O)OCC)cc3)C(CCC)=NC12. The van der Waals surface area contributed by atoms with Crippen LogP contribution in [0.15, 0.2) is 64.7 Å². The predicted molar refractivity (Wildman–Crippen MR) is 155 cm³/mol. The van der Waals surface area contributed by atoms with Gasteiger partial charge in [0.1, 0.15) is 30.0 Å². The molecule has 4 rings (SSSR count). The molecule has 0 N–H and O–H groups in total. The van der Waals surface area contributed by atoms with Crippen molar-refractivity contribution in [3.05, 3.63) is 60.2 Å². The van der Waals surface area contributed by atoms with Crippen molar-refractivity contribution in [3.8, 4) is 11.5 Å². The molecule has 9 heteroatoms. The van der Waals surface area contributed by atoms with Gasteiger partial charge in [0.2, 0.25) is 0 Å². The number of carbonyl (C=O) groups excluding carboxylic acids is 2. The van der Waals surface area contributed by atoms with E-state index >= 15 is 0 Å². The fourth-order valence-electron chi connectivity index (χ4n) is 5.05. The first-order valence-electron chi connectivity index (χ1n) is 14.2. The number of para-hydroxylation sites is 1. The Balaban J connectivity index is 1.36. The average molecular weight is 549 g/mol. The molecular formula is C31H40N4O5. The molecule has 214 valence electrons. The van der Waals surface area contributed by atoms with Crippen LogP contribution in [-0.2, 0) is 20.7 Å². The third kappa shape index (κ3) is 7.00. The van der Waals surface area contributed by atoms with Gasteiger partial charge >= 0.3 is 5.97 Å². The Kier molecular flexibility index (Phi) is 10.2. The minimum absolute atomic E-state index is 0.0307. The number of rotatable bonds is 14. The number of nitrogens with zero attached hydrogens (tertiary/aromatic N) is 4. The first kappa shape index (κ1) is 29.1. The minimum Gasteiger partial charge on any atom is -0.492 e. The molecule has 0 fully saturated rings. The number of ether oxygens (including phenoxy) is 3. The number of esters is 1. The molecule has 2 heterocycles. The molecule has 0 saturated carbocycles. The molecule has 2 unspecified atom stereocenters. The quantitative estimate of drug-likeness (QED) is 0.323. The summed E-state index contributed by atoms with van der Waals surface area (Å²) in [6, 6.07) is 16.2. The number of aliphatic imine (C=N–C) groups is 1. The summed E-state index contributed by atoms with van der Waals surface area (Å²) in [5.41, 5.74) is 1.91. The number of benzene rings is 2. The van der Waals surface area contributed by atoms with Crippen LogP contribution in [0.4, 0.5) is 0 Å². The van der Waals surface area contributed by atoms with E-state index < -0.39 is 12.1 Å². The summed E-state index contributed by atoms with van der Waals surface area (Å²) in [6.45, 7) is 7.02. The molecule has 1 amide bonds. The highest BCUT2D eigenvalue weighted by Crippen LogP contribution is 2.27. The number of fused-ring (bicyclic) bond motifs is 1. The van der Waals surface area contributed by atoms with Crippen LogP contribution in [0.3, 0.4) is 0 Å². The molecule has 2 aromatic rings. The maximum absolute atomic E-state index is 13.5. The number of hydrogen-bond acceptors (Lipinski definition) is 8. The second-order valence-corrected chi connectivity index (χ2v) is 9.96. The van der Waals surface area contributed by atoms with Crippen LogP contribution in [0.2, 0.25) is 0 Å². The fourth-order valence-corrected chi connectivity index (χ4v) is 5.05. The van der Waals surface area contributed by atoms with E-state index in [1.807, 2.05) is 61.6 Å². The van der Waals surface area contributed by atoms with E-state index in [1.54, 1.807) is 16.8 Å². The van der Waals surface area contributed by atoms with Crippen molar-refractivity contribution in [2.24, 2.45) is 10.1 Å². The first-order chi connectivity index (χ1) is 19.4. The van der Waals surface area contributed by atoms with E-state index in [4.69, 9.17) is 19.2 Å². The predicted octanol–water partition coefficient (Wildman–Crippen LogP) is 4.50. The maximum atomic E-state index is 13.5. The summed E-state index contributed by atoms with van der Waals surface area (Å²) in [5.74, 6) is 1.74. The lowest BCUT2D eigenvalue weighted by Gasteiger charge is -2.35. The Labute approximate surface area is 236 Å². The number of carbonyl (C=O) groups is 2. The molecule has 0 bridgehead atoms. The smallest absolute Gasteiger partial charge is 0.347 e. The Bertz CT molecular complexity index is 1200. The molecule has 3 atom stereocenters. The molecular weight excluding hydrogens is 508 g/mol. The van der Waals surface area contributed by atoms with Gasteiger partial charge in [0.25, 0.3) is 5.91 Å². The fraction of sp³-hybridized carbons (Fsp3) is 0.484. The number of likely N-dealkylation sites (N-methyl/N-ethyl adjacent to an activating group) is 1. The Morgan fingerprint density at radius 1 is 0.975 bits per heavy atom. The van der Waals surface area contributed by atoms with Gasteiger partial charge in [-0.1, -0.05) is 50.6 Å². The second kappa shape index (κ2) is 14.0. The molecule has 0 aliphatic carbocycles. The maximum Gasteiger partial charge on any atom is 0.347 e. The summed E-state index contributed by atoms with van der Waals surface area (Å²) in [6.07, 6.45) is 3.07. The molecule has 0 radical (unpaired) electrons. The van der Waals surface area contributed by atoms with E-state index in [0.717, 1.165) is 42.8 Å². The Morgan fingerprint density at radius 2 is 1.70 bits per heavy atom. The molecule has 40 heavy (non-hydrogen) atoms. The Morgan fingerprint density at radius 3 is 2.38 bits per heavy atom. The van der Waals surface area contributed by atoms with Gasteiger partial charge in [0, 0.05) is 19.9 Å². The topological polar surface area (TPSA) is 93.0 Å². The van der Waals surface area contributed by atoms with Crippen molar-refractivity contribution in [1.29, 1.82) is 0 Å². The van der Waals surface area contributed by atoms with E-state index in [9.17, 15) is 9.59 Å². The summed E-state index contributed by atoms with van der Waals surface area (Å²) < 4.78 is 17.2. The zero-order valence-corrected chi connectivity index (χ0v) is 23.9. The van der Waals surface area contributed by atoms with Gasteiger partial charge in [-0.3, -0.25) is 19.7 Å². The van der Waals surface area contributed by atoms with Crippen LogP contribution in [-0.4, -0.2) is 78.3 Å². The molecule has 0 spiro atoms. The van der Waals surface area contributed by atoms with E-state index in [0.29, 0.717) is 31.1 Å². The van der Waals surface area contributed by atoms with E-state index in [1.165, 1.54) is 0 Å². The molecule has 2 aliphatic rings. The molecule has 9 nitrogen and oxygen atoms in total. The number of amidine groups is 1. The van der Waals surface area contributed by atoms with Crippen LogP contribution in [0.1, 0.15) is 52.0 Å². The highest BCUT2D eigenvalue weighted by atomic mass is 16.6. The van der Waals surface area contributed by atoms with Crippen molar-refractivity contribution in [3.63, 3.8) is 0 Å². The lowest BCUT2D eigenvalue weighted by Crippen LogP contribution is -2.56. The van der Waals surface area contributed by atoms with Crippen molar-refractivity contribution in [2.75, 3.05) is 26.8 Å². The summed E-state index contributed by atoms with van der Waals surface area (Å²) in [5, 5.41) is 6.40. The van der Waals surface area contributed by atoms with Gasteiger partial charge in [0.05, 0.1) is 18.9 Å². The highest BCUT2D eigenvalue weighted by molar-refractivity contribution is 6.09.